The van der Waals surface area contributed by atoms with Crippen LogP contribution < -0.4 is 62.7 Å². The molecule has 0 bridgehead atoms. The molecule has 31 heteroatoms. The Labute approximate surface area is 705 Å². The predicted octanol–water partition coefficient (Wildman–Crippen LogP) is 19.1. The number of amides is 12. The van der Waals surface area contributed by atoms with Crippen LogP contribution in [-0.4, -0.2) is 113 Å². The molecule has 0 atom stereocenters. The van der Waals surface area contributed by atoms with Crippen LogP contribution in [0.3, 0.4) is 0 Å². The highest BCUT2D eigenvalue weighted by Crippen LogP contribution is 2.47. The van der Waals surface area contributed by atoms with Crippen LogP contribution in [0.1, 0.15) is 140 Å². The van der Waals surface area contributed by atoms with Gasteiger partial charge in [-0.2, -0.15) is 0 Å². The van der Waals surface area contributed by atoms with E-state index in [9.17, 15) is 42.9 Å². The molecule has 0 spiro atoms. The van der Waals surface area contributed by atoms with Crippen LogP contribution in [-0.2, 0) is 18.4 Å². The summed E-state index contributed by atoms with van der Waals surface area (Å²) in [6.07, 6.45) is 3.54. The lowest BCUT2D eigenvalue weighted by molar-refractivity contribution is -0.117. The van der Waals surface area contributed by atoms with Crippen molar-refractivity contribution in [1.29, 1.82) is 0 Å². The second kappa shape index (κ2) is 49.8. The summed E-state index contributed by atoms with van der Waals surface area (Å²) in [5.74, 6) is -0.156. The van der Waals surface area contributed by atoms with Crippen LogP contribution >= 0.6 is 19.3 Å². The van der Waals surface area contributed by atoms with Crippen LogP contribution in [0.15, 0.2) is 215 Å². The van der Waals surface area contributed by atoms with E-state index in [0.717, 1.165) is 117 Å². The van der Waals surface area contributed by atoms with Gasteiger partial charge in [0.1, 0.15) is 22.7 Å². The van der Waals surface area contributed by atoms with E-state index in [2.05, 4.69) is 79.8 Å². The van der Waals surface area contributed by atoms with E-state index >= 15 is 0 Å². The Morgan fingerprint density at radius 1 is 0.492 bits per heavy atom. The summed E-state index contributed by atoms with van der Waals surface area (Å²) in [5, 5.41) is 38.2. The number of urea groups is 4. The Hall–Kier alpha value is -13.2. The molecule has 2 aliphatic heterocycles. The Balaban J connectivity index is 0.000000213. The van der Waals surface area contributed by atoms with Crippen LogP contribution in [0.2, 0.25) is 0 Å². The largest absolute Gasteiger partial charge is 0.432 e. The molecule has 2 fully saturated rings. The van der Waals surface area contributed by atoms with Crippen molar-refractivity contribution >= 4 is 113 Å². The molecule has 634 valence electrons. The van der Waals surface area contributed by atoms with E-state index in [4.69, 9.17) is 18.1 Å². The second-order valence-corrected chi connectivity index (χ2v) is 30.2. The van der Waals surface area contributed by atoms with Crippen molar-refractivity contribution < 1.29 is 61.0 Å². The van der Waals surface area contributed by atoms with Crippen molar-refractivity contribution in [2.24, 2.45) is 0 Å². The number of hydrogen-bond acceptors (Lipinski definition) is 18. The van der Waals surface area contributed by atoms with Gasteiger partial charge in [-0.3, -0.25) is 48.4 Å². The minimum atomic E-state index is -3.21. The molecular formula is C89H109N16O13PS. The average Bonchev–Trinajstić information content (AvgIpc) is 1.64. The number of nitrogens with one attached hydrogen (secondary N) is 10. The summed E-state index contributed by atoms with van der Waals surface area (Å²) >= 11 is 1.11. The van der Waals surface area contributed by atoms with E-state index in [1.54, 1.807) is 39.5 Å². The molecule has 0 unspecified atom stereocenters. The molecule has 13 rings (SSSR count). The van der Waals surface area contributed by atoms with Crippen molar-refractivity contribution in [3.63, 3.8) is 0 Å². The lowest BCUT2D eigenvalue weighted by Gasteiger charge is -2.18. The Morgan fingerprint density at radius 3 is 1.26 bits per heavy atom. The highest BCUT2D eigenvalue weighted by Gasteiger charge is 2.28. The zero-order valence-corrected chi connectivity index (χ0v) is 72.4. The van der Waals surface area contributed by atoms with Gasteiger partial charge in [0.15, 0.2) is 0 Å². The summed E-state index contributed by atoms with van der Waals surface area (Å²) < 4.78 is 35.8. The number of hydrogen-bond donors (Lipinski definition) is 10. The van der Waals surface area contributed by atoms with E-state index in [1.165, 1.54) is 33.9 Å². The lowest BCUT2D eigenvalue weighted by atomic mass is 10.2. The molecule has 12 amide bonds. The number of imide groups is 1. The number of carbonyl (C=O) groups excluding carboxylic acids is 8. The van der Waals surface area contributed by atoms with Crippen LogP contribution in [0, 0.1) is 76.2 Å². The topological polar surface area (TPSA) is 377 Å². The SMILES string of the molecule is CCCCNC(=O)Nc1ccc(C)cc1.CCOP(=O)(Nc1ccc(C)cc1)OCC.Cc1ccc(N2CC(=O)NC2=O)cc1.Cc1ccc(N2CCNC2=O)cc1.Cc1ccc(NC(=O)NC(C)C)cc1.Cc1ccc(NC(=O)c2c(C)noc2C)cc1.Cc1ccc(NC(=O)c2ccno2)cc1.Cc1ccc(NC(=O)c2snnc2C)cc1. The summed E-state index contributed by atoms with van der Waals surface area (Å²) in [5.41, 5.74) is 17.5. The number of aromatic nitrogens is 4. The number of aryl methyl sites for hydroxylation is 11. The first-order valence-corrected chi connectivity index (χ1v) is 41.2. The maximum Gasteiger partial charge on any atom is 0.432 e. The van der Waals surface area contributed by atoms with Crippen LogP contribution in [0.25, 0.3) is 0 Å². The zero-order chi connectivity index (χ0) is 87.7. The average molecular weight is 1670 g/mol. The smallest absolute Gasteiger partial charge is 0.361 e. The van der Waals surface area contributed by atoms with Gasteiger partial charge in [-0.1, -0.05) is 170 Å². The van der Waals surface area contributed by atoms with Gasteiger partial charge in [-0.25, -0.2) is 23.7 Å². The van der Waals surface area contributed by atoms with E-state index in [1.807, 2.05) is 263 Å². The summed E-state index contributed by atoms with van der Waals surface area (Å²) in [6.45, 7) is 33.8. The number of rotatable bonds is 20. The van der Waals surface area contributed by atoms with Crippen molar-refractivity contribution in [3.8, 4) is 0 Å². The standard InChI is InChI=1S/C13H14N2O2.C12H18N2O.C11H11N3OS.C11H10N2O2.C11H16N2O.C11H18NO3P.C10H10N2O2.C10H12N2O/c1-8-4-6-11(7-5-8)14-13(16)12-9(2)15-17-10(12)3;1-3-4-9-13-12(15)14-11-7-5-10(2)6-8-11;1-7-3-5-9(6-4-7)12-11(15)10-8(2)13-14-16-10;1-8-2-4-9(5-3-8)13-11(14)10-6-7-12-15-10;1-8(2)12-11(14)13-10-6-4-9(3)5-7-10;1-4-14-16(13,15-5-2)12-11-8-6-10(3)7-9-11;1-7-2-4-8(5-3-7)12-6-9(13)11-10(12)14;1-8-2-4-9(5-3-8)12-7-6-11-10(12)13/h4-7H,1-3H3,(H,14,16);5-8H,3-4,9H2,1-2H3,(H2,13,14,15);3-6H,1-2H3,(H,12,15);2-7H,1H3,(H,13,14);4-8H,1-3H3,(H2,12,13,14);6-9H,4-5H2,1-3H3,(H,12,13);2-5H,6H2,1H3,(H,11,13,14);2-5H,6-7H2,1H3,(H,11,13). The molecule has 2 aliphatic rings. The van der Waals surface area contributed by atoms with Gasteiger partial charge < -0.3 is 51.6 Å². The normalized spacial score (nSPS) is 11.6. The minimum Gasteiger partial charge on any atom is -0.361 e. The van der Waals surface area contributed by atoms with Crippen molar-refractivity contribution in [2.45, 2.75) is 130 Å². The predicted molar refractivity (Wildman–Crippen MR) is 476 cm³/mol. The summed E-state index contributed by atoms with van der Waals surface area (Å²) in [4.78, 5) is 95.1. The highest BCUT2D eigenvalue weighted by atomic mass is 32.1. The van der Waals surface area contributed by atoms with Gasteiger partial charge >= 0.3 is 31.9 Å². The van der Waals surface area contributed by atoms with Crippen molar-refractivity contribution in [1.82, 2.24) is 41.2 Å². The van der Waals surface area contributed by atoms with Crippen LogP contribution in [0.5, 0.6) is 0 Å². The molecule has 0 radical (unpaired) electrons. The van der Waals surface area contributed by atoms with Gasteiger partial charge in [0.2, 0.25) is 11.7 Å². The molecule has 8 aromatic carbocycles. The van der Waals surface area contributed by atoms with Gasteiger partial charge in [-0.05, 0) is 219 Å². The first-order valence-electron chi connectivity index (χ1n) is 38.9. The number of benzene rings is 8. The maximum absolute atomic E-state index is 12.1. The first-order chi connectivity index (χ1) is 57.3. The monoisotopic (exact) mass is 1670 g/mol. The number of unbranched alkanes of at least 4 members (excludes halogenated alkanes) is 1. The summed E-state index contributed by atoms with van der Waals surface area (Å²) in [7, 11) is -3.21. The summed E-state index contributed by atoms with van der Waals surface area (Å²) in [6, 6.07) is 62.3. The first kappa shape index (κ1) is 95.7. The zero-order valence-electron chi connectivity index (χ0n) is 70.7. The van der Waals surface area contributed by atoms with Gasteiger partial charge in [0, 0.05) is 77.2 Å². The third-order valence-corrected chi connectivity index (χ3v) is 19.4. The van der Waals surface area contributed by atoms with Crippen molar-refractivity contribution in [3.05, 3.63) is 284 Å². The van der Waals surface area contributed by atoms with Gasteiger partial charge in [0.25, 0.3) is 17.7 Å². The molecule has 3 aromatic heterocycles. The lowest BCUT2D eigenvalue weighted by Crippen LogP contribution is -2.34. The highest BCUT2D eigenvalue weighted by molar-refractivity contribution is 7.55. The van der Waals surface area contributed by atoms with Gasteiger partial charge in [0.05, 0.1) is 30.8 Å². The second-order valence-electron chi connectivity index (χ2n) is 27.7. The molecule has 2 saturated heterocycles. The van der Waals surface area contributed by atoms with Gasteiger partial charge in [-0.15, -0.1) is 5.10 Å². The molecule has 11 aromatic rings. The van der Waals surface area contributed by atoms with E-state index in [0.29, 0.717) is 40.8 Å². The molecular weight excluding hydrogens is 1560 g/mol. The molecule has 10 N–H and O–H groups in total. The number of anilines is 8. The molecule has 0 saturated carbocycles. The van der Waals surface area contributed by atoms with E-state index in [-0.39, 0.29) is 66.1 Å². The number of nitrogens with zero attached hydrogens (tertiary/aromatic N) is 6. The third-order valence-electron chi connectivity index (χ3n) is 16.8. The Kier molecular flexibility index (Phi) is 39.7. The fraction of sp³-hybridized carbons (Fsp3) is 0.281. The quantitative estimate of drug-likeness (QED) is 0.0192. The Bertz CT molecular complexity index is 5040. The Morgan fingerprint density at radius 2 is 0.900 bits per heavy atom. The number of carbonyl (C=O) groups is 8. The molecule has 5 heterocycles. The third kappa shape index (κ3) is 34.6. The van der Waals surface area contributed by atoms with Crippen LogP contribution in [0.4, 0.5) is 64.7 Å². The fourth-order valence-corrected chi connectivity index (χ4v) is 12.3. The molecule has 29 nitrogen and oxygen atoms in total. The molecule has 0 aliphatic carbocycles. The maximum atomic E-state index is 12.1. The van der Waals surface area contributed by atoms with E-state index < -0.39 is 7.75 Å². The minimum absolute atomic E-state index is 0.00357. The van der Waals surface area contributed by atoms with Crippen molar-refractivity contribution in [2.75, 3.05) is 80.9 Å². The fourth-order valence-electron chi connectivity index (χ4n) is 10.4. The molecule has 120 heavy (non-hydrogen) atoms.